The van der Waals surface area contributed by atoms with Crippen LogP contribution in [-0.2, 0) is 11.3 Å². The van der Waals surface area contributed by atoms with Crippen molar-refractivity contribution in [1.29, 1.82) is 0 Å². The van der Waals surface area contributed by atoms with E-state index in [-0.39, 0.29) is 18.1 Å². The number of halogens is 1. The van der Waals surface area contributed by atoms with Gasteiger partial charge in [-0.1, -0.05) is 0 Å². The molecule has 1 fully saturated rings. The molecular formula is C13H16FNO3. The van der Waals surface area contributed by atoms with Crippen LogP contribution in [0.2, 0.25) is 0 Å². The number of likely N-dealkylation sites (tertiary alicyclic amines) is 1. The normalized spacial score (nSPS) is 20.2. The second-order valence-corrected chi connectivity index (χ2v) is 4.81. The minimum absolute atomic E-state index is 0.0775. The highest BCUT2D eigenvalue weighted by Crippen LogP contribution is 2.23. The minimum atomic E-state index is -0.773. The van der Waals surface area contributed by atoms with E-state index in [1.165, 1.54) is 12.1 Å². The summed E-state index contributed by atoms with van der Waals surface area (Å²) in [6, 6.07) is 4.00. The van der Waals surface area contributed by atoms with Gasteiger partial charge in [-0.25, -0.2) is 4.39 Å². The average Bonchev–Trinajstić information content (AvgIpc) is 2.62. The van der Waals surface area contributed by atoms with Gasteiger partial charge in [-0.15, -0.1) is 0 Å². The predicted molar refractivity (Wildman–Crippen MR) is 63.7 cm³/mol. The highest BCUT2D eigenvalue weighted by atomic mass is 19.1. The molecule has 1 atom stereocenters. The summed E-state index contributed by atoms with van der Waals surface area (Å²) in [5.41, 5.74) is 0.712. The average molecular weight is 253 g/mol. The van der Waals surface area contributed by atoms with Crippen molar-refractivity contribution in [2.24, 2.45) is 5.92 Å². The molecule has 1 aliphatic heterocycles. The molecule has 98 valence electrons. The second-order valence-electron chi connectivity index (χ2n) is 4.81. The van der Waals surface area contributed by atoms with Crippen molar-refractivity contribution in [2.75, 3.05) is 13.1 Å². The summed E-state index contributed by atoms with van der Waals surface area (Å²) in [4.78, 5) is 12.7. The first-order chi connectivity index (χ1) is 8.52. The summed E-state index contributed by atoms with van der Waals surface area (Å²) in [6.07, 6.45) is 1.04. The Morgan fingerprint density at radius 2 is 2.22 bits per heavy atom. The van der Waals surface area contributed by atoms with Gasteiger partial charge in [0, 0.05) is 25.6 Å². The maximum Gasteiger partial charge on any atom is 0.303 e. The molecule has 2 rings (SSSR count). The number of aliphatic carboxylic acids is 1. The Kier molecular flexibility index (Phi) is 3.81. The lowest BCUT2D eigenvalue weighted by Crippen LogP contribution is -2.20. The van der Waals surface area contributed by atoms with Crippen LogP contribution in [0, 0.1) is 11.7 Å². The van der Waals surface area contributed by atoms with Crippen LogP contribution in [0.4, 0.5) is 4.39 Å². The summed E-state index contributed by atoms with van der Waals surface area (Å²) in [6.45, 7) is 2.07. The molecule has 2 N–H and O–H groups in total. The van der Waals surface area contributed by atoms with E-state index in [1.807, 2.05) is 0 Å². The van der Waals surface area contributed by atoms with Crippen LogP contribution in [-0.4, -0.2) is 34.2 Å². The third-order valence-corrected chi connectivity index (χ3v) is 3.18. The van der Waals surface area contributed by atoms with Crippen molar-refractivity contribution in [1.82, 2.24) is 4.90 Å². The number of rotatable bonds is 4. The number of carboxylic acids is 1. The van der Waals surface area contributed by atoms with Gasteiger partial charge in [-0.05, 0) is 36.6 Å². The van der Waals surface area contributed by atoms with Gasteiger partial charge in [-0.2, -0.15) is 0 Å². The molecular weight excluding hydrogens is 237 g/mol. The predicted octanol–water partition coefficient (Wildman–Crippen LogP) is 1.83. The Labute approximate surface area is 105 Å². The first kappa shape index (κ1) is 12.8. The fourth-order valence-electron chi connectivity index (χ4n) is 2.45. The van der Waals surface area contributed by atoms with Crippen LogP contribution in [0.15, 0.2) is 18.2 Å². The number of hydrogen-bond acceptors (Lipinski definition) is 3. The molecule has 1 unspecified atom stereocenters. The topological polar surface area (TPSA) is 60.8 Å². The summed E-state index contributed by atoms with van der Waals surface area (Å²) >= 11 is 0. The Bertz CT molecular complexity index is 430. The van der Waals surface area contributed by atoms with Gasteiger partial charge in [0.15, 0.2) is 0 Å². The molecule has 1 saturated heterocycles. The standard InChI is InChI=1S/C13H16FNO3/c14-11-3-10(4-12(16)6-11)8-15-2-1-9(7-15)5-13(17)18/h3-4,6,9,16H,1-2,5,7-8H2,(H,17,18). The molecule has 1 heterocycles. The van der Waals surface area contributed by atoms with E-state index in [9.17, 15) is 14.3 Å². The SMILES string of the molecule is O=C(O)CC1CCN(Cc2cc(O)cc(F)c2)C1. The molecule has 5 heteroatoms. The zero-order valence-electron chi connectivity index (χ0n) is 9.97. The summed E-state index contributed by atoms with van der Waals surface area (Å²) in [7, 11) is 0. The molecule has 0 spiro atoms. The molecule has 4 nitrogen and oxygen atoms in total. The Balaban J connectivity index is 1.93. The van der Waals surface area contributed by atoms with E-state index in [1.54, 1.807) is 0 Å². The first-order valence-corrected chi connectivity index (χ1v) is 5.95. The largest absolute Gasteiger partial charge is 0.508 e. The molecule has 1 aromatic rings. The fourth-order valence-corrected chi connectivity index (χ4v) is 2.45. The highest BCUT2D eigenvalue weighted by molar-refractivity contribution is 5.67. The van der Waals surface area contributed by atoms with Crippen molar-refractivity contribution in [3.63, 3.8) is 0 Å². The van der Waals surface area contributed by atoms with Gasteiger partial charge in [-0.3, -0.25) is 9.69 Å². The van der Waals surface area contributed by atoms with E-state index in [0.29, 0.717) is 18.7 Å². The van der Waals surface area contributed by atoms with Crippen LogP contribution >= 0.6 is 0 Å². The van der Waals surface area contributed by atoms with Crippen LogP contribution in [0.3, 0.4) is 0 Å². The monoisotopic (exact) mass is 253 g/mol. The number of carbonyl (C=O) groups is 1. The molecule has 0 saturated carbocycles. The van der Waals surface area contributed by atoms with Crippen molar-refractivity contribution in [3.8, 4) is 5.75 Å². The van der Waals surface area contributed by atoms with Gasteiger partial charge in [0.05, 0.1) is 0 Å². The van der Waals surface area contributed by atoms with E-state index in [2.05, 4.69) is 4.90 Å². The third-order valence-electron chi connectivity index (χ3n) is 3.18. The number of aromatic hydroxyl groups is 1. The lowest BCUT2D eigenvalue weighted by molar-refractivity contribution is -0.138. The molecule has 0 aliphatic carbocycles. The van der Waals surface area contributed by atoms with Crippen molar-refractivity contribution >= 4 is 5.97 Å². The molecule has 0 radical (unpaired) electrons. The highest BCUT2D eigenvalue weighted by Gasteiger charge is 2.24. The number of benzene rings is 1. The maximum absolute atomic E-state index is 13.1. The fraction of sp³-hybridized carbons (Fsp3) is 0.462. The van der Waals surface area contributed by atoms with Gasteiger partial charge in [0.1, 0.15) is 11.6 Å². The van der Waals surface area contributed by atoms with Crippen LogP contribution < -0.4 is 0 Å². The van der Waals surface area contributed by atoms with E-state index >= 15 is 0 Å². The Hall–Kier alpha value is -1.62. The Morgan fingerprint density at radius 1 is 1.44 bits per heavy atom. The van der Waals surface area contributed by atoms with Crippen molar-refractivity contribution in [2.45, 2.75) is 19.4 Å². The minimum Gasteiger partial charge on any atom is -0.508 e. The molecule has 1 aromatic carbocycles. The van der Waals surface area contributed by atoms with Gasteiger partial charge in [0.25, 0.3) is 0 Å². The lowest BCUT2D eigenvalue weighted by Gasteiger charge is -2.15. The van der Waals surface area contributed by atoms with Gasteiger partial charge >= 0.3 is 5.97 Å². The van der Waals surface area contributed by atoms with Gasteiger partial charge in [0.2, 0.25) is 0 Å². The Morgan fingerprint density at radius 3 is 2.89 bits per heavy atom. The molecule has 0 amide bonds. The van der Waals surface area contributed by atoms with Crippen LogP contribution in [0.1, 0.15) is 18.4 Å². The van der Waals surface area contributed by atoms with E-state index in [0.717, 1.165) is 19.0 Å². The van der Waals surface area contributed by atoms with Crippen molar-refractivity contribution < 1.29 is 19.4 Å². The van der Waals surface area contributed by atoms with Crippen molar-refractivity contribution in [3.05, 3.63) is 29.6 Å². The van der Waals surface area contributed by atoms with Crippen LogP contribution in [0.5, 0.6) is 5.75 Å². The zero-order chi connectivity index (χ0) is 13.1. The third kappa shape index (κ3) is 3.43. The smallest absolute Gasteiger partial charge is 0.303 e. The van der Waals surface area contributed by atoms with E-state index in [4.69, 9.17) is 5.11 Å². The van der Waals surface area contributed by atoms with E-state index < -0.39 is 11.8 Å². The number of carboxylic acid groups (broad SMARTS) is 1. The zero-order valence-corrected chi connectivity index (χ0v) is 9.97. The lowest BCUT2D eigenvalue weighted by atomic mass is 10.1. The van der Waals surface area contributed by atoms with Gasteiger partial charge < -0.3 is 10.2 Å². The number of hydrogen-bond donors (Lipinski definition) is 2. The summed E-state index contributed by atoms with van der Waals surface area (Å²) < 4.78 is 13.1. The molecule has 1 aliphatic rings. The molecule has 0 aromatic heterocycles. The maximum atomic E-state index is 13.1. The van der Waals surface area contributed by atoms with Crippen LogP contribution in [0.25, 0.3) is 0 Å². The molecule has 0 bridgehead atoms. The summed E-state index contributed by atoms with van der Waals surface area (Å²) in [5.74, 6) is -1.13. The summed E-state index contributed by atoms with van der Waals surface area (Å²) in [5, 5.41) is 18.0. The molecule has 18 heavy (non-hydrogen) atoms. The second kappa shape index (κ2) is 5.35. The number of nitrogens with zero attached hydrogens (tertiary/aromatic N) is 1. The number of phenols is 1. The quantitative estimate of drug-likeness (QED) is 0.859. The first-order valence-electron chi connectivity index (χ1n) is 5.95. The number of phenolic OH excluding ortho intramolecular Hbond substituents is 1.